The number of alkyl carbamates (subject to hydrolysis) is 1. The van der Waals surface area contributed by atoms with E-state index in [1.165, 1.54) is 0 Å². The zero-order chi connectivity index (χ0) is 22.7. The van der Waals surface area contributed by atoms with E-state index in [0.29, 0.717) is 0 Å². The van der Waals surface area contributed by atoms with Gasteiger partial charge >= 0.3 is 12.1 Å². The Kier molecular flexibility index (Phi) is 9.01. The first-order valence-electron chi connectivity index (χ1n) is 10.1. The van der Waals surface area contributed by atoms with Crippen molar-refractivity contribution in [2.45, 2.75) is 117 Å². The summed E-state index contributed by atoms with van der Waals surface area (Å²) in [5.74, 6) is -0.458. The first-order valence-corrected chi connectivity index (χ1v) is 15.2. The van der Waals surface area contributed by atoms with Crippen LogP contribution in [-0.4, -0.2) is 47.2 Å². The molecule has 166 valence electrons. The molecule has 0 aromatic carbocycles. The summed E-state index contributed by atoms with van der Waals surface area (Å²) in [6.45, 7) is 25.8. The van der Waals surface area contributed by atoms with Crippen molar-refractivity contribution in [3.8, 4) is 0 Å². The Labute approximate surface area is 174 Å². The largest absolute Gasteiger partial charge is 0.518 e. The molecule has 0 heterocycles. The minimum atomic E-state index is -2.34. The first kappa shape index (κ1) is 27.1. The Hall–Kier alpha value is -0.866. The molecule has 0 fully saturated rings. The monoisotopic (exact) mass is 433 g/mol. The van der Waals surface area contributed by atoms with Crippen LogP contribution in [0.15, 0.2) is 0 Å². The second kappa shape index (κ2) is 9.30. The lowest BCUT2D eigenvalue weighted by molar-refractivity contribution is -0.140. The van der Waals surface area contributed by atoms with E-state index in [-0.39, 0.29) is 10.1 Å². The van der Waals surface area contributed by atoms with Crippen molar-refractivity contribution in [3.63, 3.8) is 0 Å². The highest BCUT2D eigenvalue weighted by Gasteiger charge is 2.43. The van der Waals surface area contributed by atoms with Crippen LogP contribution in [0.2, 0.25) is 29.7 Å². The fourth-order valence-electron chi connectivity index (χ4n) is 1.88. The topological polar surface area (TPSA) is 73.9 Å². The van der Waals surface area contributed by atoms with Gasteiger partial charge in [0, 0.05) is 0 Å². The van der Waals surface area contributed by atoms with Crippen LogP contribution >= 0.6 is 0 Å². The molecule has 1 N–H and O–H groups in total. The minimum absolute atomic E-state index is 0.0358. The van der Waals surface area contributed by atoms with Crippen LogP contribution < -0.4 is 5.32 Å². The van der Waals surface area contributed by atoms with Crippen LogP contribution in [-0.2, 0) is 18.4 Å². The highest BCUT2D eigenvalue weighted by molar-refractivity contribution is 6.75. The highest BCUT2D eigenvalue weighted by atomic mass is 28.4. The average Bonchev–Trinajstić information content (AvgIpc) is 2.39. The summed E-state index contributed by atoms with van der Waals surface area (Å²) in [6.07, 6.45) is -1.16. The maximum absolute atomic E-state index is 13.1. The van der Waals surface area contributed by atoms with Gasteiger partial charge in [0.2, 0.25) is 0 Å². The smallest absolute Gasteiger partial charge is 0.408 e. The summed E-state index contributed by atoms with van der Waals surface area (Å²) in [7, 11) is -3.95. The zero-order valence-electron chi connectivity index (χ0n) is 20.3. The molecule has 0 aliphatic heterocycles. The van der Waals surface area contributed by atoms with Crippen molar-refractivity contribution in [2.75, 3.05) is 0 Å². The summed E-state index contributed by atoms with van der Waals surface area (Å²) in [5.41, 5.74) is -0.657. The maximum Gasteiger partial charge on any atom is 0.408 e. The van der Waals surface area contributed by atoms with Crippen LogP contribution in [0.1, 0.15) is 69.2 Å². The molecule has 1 unspecified atom stereocenters. The molecule has 28 heavy (non-hydrogen) atoms. The maximum atomic E-state index is 13.1. The lowest BCUT2D eigenvalue weighted by atomic mass is 10.2. The van der Waals surface area contributed by atoms with Gasteiger partial charge in [-0.1, -0.05) is 41.5 Å². The van der Waals surface area contributed by atoms with E-state index >= 15 is 0 Å². The molecule has 0 saturated carbocycles. The standard InChI is InChI=1S/C20H43NO5Si2/c1-14(25-27(11)19(5,6)7)15(21-17(23)24-18(2,3)4)16(22)26-28(12,13)20(8,9)10/h14-15,27H,1-13H3,(H,21,23)/t14-,15+,27?/m1/s1. The predicted molar refractivity (Wildman–Crippen MR) is 120 cm³/mol. The van der Waals surface area contributed by atoms with Crippen molar-refractivity contribution in [1.82, 2.24) is 5.32 Å². The molecule has 0 rings (SSSR count). The van der Waals surface area contributed by atoms with E-state index in [1.54, 1.807) is 20.8 Å². The van der Waals surface area contributed by atoms with Crippen molar-refractivity contribution in [1.29, 1.82) is 0 Å². The molecule has 0 radical (unpaired) electrons. The van der Waals surface area contributed by atoms with Crippen molar-refractivity contribution < 1.29 is 23.2 Å². The van der Waals surface area contributed by atoms with Gasteiger partial charge < -0.3 is 18.9 Å². The third-order valence-electron chi connectivity index (χ3n) is 5.20. The van der Waals surface area contributed by atoms with Gasteiger partial charge in [-0.3, -0.25) is 4.79 Å². The predicted octanol–water partition coefficient (Wildman–Crippen LogP) is 4.99. The molecule has 0 spiro atoms. The molecular formula is C20H43NO5Si2. The van der Waals surface area contributed by atoms with E-state index in [1.807, 2.05) is 20.0 Å². The second-order valence-electron chi connectivity index (χ2n) is 11.2. The highest BCUT2D eigenvalue weighted by Crippen LogP contribution is 2.37. The Bertz CT molecular complexity index is 544. The Morgan fingerprint density at radius 1 is 0.964 bits per heavy atom. The lowest BCUT2D eigenvalue weighted by Crippen LogP contribution is -2.55. The zero-order valence-corrected chi connectivity index (χ0v) is 22.4. The number of carbonyl (C=O) groups is 2. The van der Waals surface area contributed by atoms with Gasteiger partial charge in [0.1, 0.15) is 5.60 Å². The number of carbonyl (C=O) groups excluding carboxylic acids is 2. The van der Waals surface area contributed by atoms with Gasteiger partial charge in [-0.05, 0) is 57.4 Å². The Morgan fingerprint density at radius 2 is 1.43 bits per heavy atom. The third kappa shape index (κ3) is 9.09. The van der Waals surface area contributed by atoms with Crippen molar-refractivity contribution in [2.24, 2.45) is 0 Å². The van der Waals surface area contributed by atoms with Crippen LogP contribution in [0.4, 0.5) is 4.79 Å². The second-order valence-corrected chi connectivity index (χ2v) is 19.2. The van der Waals surface area contributed by atoms with E-state index in [2.05, 4.69) is 53.4 Å². The molecular weight excluding hydrogens is 390 g/mol. The van der Waals surface area contributed by atoms with Gasteiger partial charge in [-0.25, -0.2) is 4.79 Å². The Morgan fingerprint density at radius 3 is 1.79 bits per heavy atom. The fraction of sp³-hybridized carbons (Fsp3) is 0.900. The molecule has 0 aliphatic rings. The number of ether oxygens (including phenoxy) is 1. The molecule has 8 heteroatoms. The average molecular weight is 434 g/mol. The summed E-state index contributed by atoms with van der Waals surface area (Å²) in [4.78, 5) is 25.4. The number of amides is 1. The summed E-state index contributed by atoms with van der Waals surface area (Å²) in [5, 5.41) is 2.60. The summed E-state index contributed by atoms with van der Waals surface area (Å²) in [6, 6.07) is -0.915. The Balaban J connectivity index is 5.54. The van der Waals surface area contributed by atoms with Crippen LogP contribution in [0.25, 0.3) is 0 Å². The molecule has 6 nitrogen and oxygen atoms in total. The molecule has 1 amide bonds. The molecule has 0 saturated heterocycles. The number of rotatable bonds is 6. The first-order chi connectivity index (χ1) is 12.2. The van der Waals surface area contributed by atoms with Gasteiger partial charge in [0.05, 0.1) is 6.10 Å². The fourth-order valence-corrected chi connectivity index (χ4v) is 4.02. The lowest BCUT2D eigenvalue weighted by Gasteiger charge is -2.38. The molecule has 0 aromatic rings. The normalized spacial score (nSPS) is 16.8. The minimum Gasteiger partial charge on any atom is -0.518 e. The number of hydrogen-bond acceptors (Lipinski definition) is 5. The molecule has 3 atom stereocenters. The quantitative estimate of drug-likeness (QED) is 0.598. The van der Waals surface area contributed by atoms with E-state index in [4.69, 9.17) is 13.6 Å². The molecule has 0 bridgehead atoms. The SMILES string of the molecule is C[C@@H](O[SiH](C)C(C)(C)C)[C@H](NC(=O)OC(C)(C)C)C(=O)O[Si](C)(C)C(C)(C)C. The van der Waals surface area contributed by atoms with Gasteiger partial charge in [-0.2, -0.15) is 0 Å². The van der Waals surface area contributed by atoms with Crippen LogP contribution in [0, 0.1) is 0 Å². The van der Waals surface area contributed by atoms with Gasteiger partial charge in [-0.15, -0.1) is 0 Å². The summed E-state index contributed by atoms with van der Waals surface area (Å²) < 4.78 is 17.5. The van der Waals surface area contributed by atoms with E-state index in [0.717, 1.165) is 0 Å². The molecule has 0 aromatic heterocycles. The third-order valence-corrected chi connectivity index (χ3v) is 12.8. The van der Waals surface area contributed by atoms with Crippen molar-refractivity contribution in [3.05, 3.63) is 0 Å². The van der Waals surface area contributed by atoms with E-state index < -0.39 is 47.2 Å². The summed E-state index contributed by atoms with van der Waals surface area (Å²) >= 11 is 0. The molecule has 0 aliphatic carbocycles. The van der Waals surface area contributed by atoms with Crippen LogP contribution in [0.3, 0.4) is 0 Å². The van der Waals surface area contributed by atoms with Gasteiger partial charge in [0.25, 0.3) is 8.32 Å². The van der Waals surface area contributed by atoms with Crippen LogP contribution in [0.5, 0.6) is 0 Å². The number of hydrogen-bond donors (Lipinski definition) is 1. The van der Waals surface area contributed by atoms with Crippen molar-refractivity contribution >= 4 is 29.4 Å². The van der Waals surface area contributed by atoms with E-state index in [9.17, 15) is 9.59 Å². The number of nitrogens with one attached hydrogen (secondary N) is 1. The van der Waals surface area contributed by atoms with Gasteiger partial charge in [0.15, 0.2) is 15.1 Å².